The predicted molar refractivity (Wildman–Crippen MR) is 107 cm³/mol. The summed E-state index contributed by atoms with van der Waals surface area (Å²) in [6, 6.07) is 2.25. The Kier molecular flexibility index (Phi) is 4.71. The number of amides is 2. The molecule has 0 aliphatic carbocycles. The number of nitrogens with one attached hydrogen (secondary N) is 2. The van der Waals surface area contributed by atoms with Crippen molar-refractivity contribution >= 4 is 29.2 Å². The SMILES string of the molecule is [2H]C([2H])([2H])[C@@H]1Oc2cc(F)cnc2NC(=O)C1NC(=O)c1ncc(Cl)c(-c2cccc(F)c2F)n1. The van der Waals surface area contributed by atoms with Crippen molar-refractivity contribution in [3.8, 4) is 17.0 Å². The number of pyridine rings is 1. The average Bonchev–Trinajstić information content (AvgIpc) is 2.92. The van der Waals surface area contributed by atoms with Crippen LogP contribution in [0, 0.1) is 17.5 Å². The van der Waals surface area contributed by atoms with E-state index in [9.17, 15) is 22.8 Å². The van der Waals surface area contributed by atoms with Crippen molar-refractivity contribution < 1.29 is 31.6 Å². The number of fused-ring (bicyclic) bond motifs is 1. The fourth-order valence-corrected chi connectivity index (χ4v) is 3.03. The first-order valence-electron chi connectivity index (χ1n) is 10.4. The lowest BCUT2D eigenvalue weighted by molar-refractivity contribution is -0.119. The molecule has 2 N–H and O–H groups in total. The van der Waals surface area contributed by atoms with Gasteiger partial charge in [0.05, 0.1) is 23.1 Å². The van der Waals surface area contributed by atoms with Gasteiger partial charge in [0.15, 0.2) is 23.2 Å². The van der Waals surface area contributed by atoms with Crippen LogP contribution in [0.25, 0.3) is 11.3 Å². The lowest BCUT2D eigenvalue weighted by atomic mass is 10.1. The van der Waals surface area contributed by atoms with Crippen LogP contribution in [0.15, 0.2) is 36.7 Å². The van der Waals surface area contributed by atoms with Crippen molar-refractivity contribution in [2.24, 2.45) is 0 Å². The maximum absolute atomic E-state index is 14.3. The Morgan fingerprint density at radius 1 is 1.28 bits per heavy atom. The maximum Gasteiger partial charge on any atom is 0.289 e. The molecule has 32 heavy (non-hydrogen) atoms. The van der Waals surface area contributed by atoms with Gasteiger partial charge in [-0.2, -0.15) is 0 Å². The number of carbonyl (C=O) groups excluding carboxylic acids is 2. The zero-order chi connectivity index (χ0) is 25.5. The van der Waals surface area contributed by atoms with Gasteiger partial charge in [-0.25, -0.2) is 28.1 Å². The summed E-state index contributed by atoms with van der Waals surface area (Å²) in [4.78, 5) is 36.9. The van der Waals surface area contributed by atoms with Crippen LogP contribution < -0.4 is 15.4 Å². The molecule has 0 radical (unpaired) electrons. The second kappa shape index (κ2) is 8.42. The number of hydrogen-bond donors (Lipinski definition) is 2. The van der Waals surface area contributed by atoms with Gasteiger partial charge in [-0.15, -0.1) is 0 Å². The Hall–Kier alpha value is -3.73. The molecular weight excluding hydrogens is 451 g/mol. The summed E-state index contributed by atoms with van der Waals surface area (Å²) in [5.74, 6) is -6.72. The Bertz CT molecular complexity index is 1350. The highest BCUT2D eigenvalue weighted by atomic mass is 35.5. The van der Waals surface area contributed by atoms with Crippen molar-refractivity contribution in [1.29, 1.82) is 0 Å². The third-order valence-corrected chi connectivity index (χ3v) is 4.62. The van der Waals surface area contributed by atoms with Crippen LogP contribution in [0.1, 0.15) is 21.6 Å². The molecule has 0 saturated heterocycles. The van der Waals surface area contributed by atoms with Crippen molar-refractivity contribution in [2.45, 2.75) is 19.0 Å². The van der Waals surface area contributed by atoms with Gasteiger partial charge >= 0.3 is 0 Å². The van der Waals surface area contributed by atoms with Gasteiger partial charge in [-0.05, 0) is 19.0 Å². The number of carbonyl (C=O) groups is 2. The molecule has 12 heteroatoms. The quantitative estimate of drug-likeness (QED) is 0.614. The van der Waals surface area contributed by atoms with E-state index < -0.39 is 54.1 Å². The van der Waals surface area contributed by atoms with Gasteiger partial charge in [-0.3, -0.25) is 9.59 Å². The molecule has 0 saturated carbocycles. The minimum absolute atomic E-state index is 0.203. The first-order chi connectivity index (χ1) is 16.5. The van der Waals surface area contributed by atoms with E-state index in [4.69, 9.17) is 20.5 Å². The standard InChI is InChI=1S/C20H13ClF3N5O3/c1-8-15(19(30)29-17-13(32-8)5-9(22)6-25-17)28-20(31)18-26-7-11(21)16(27-18)10-3-2-4-12(23)14(10)24/h2-8,15H,1H3,(H,28,31)(H,25,29,30)/t8-,15?/m0/s1/i1D3. The summed E-state index contributed by atoms with van der Waals surface area (Å²) in [6.07, 6.45) is -0.222. The molecule has 0 spiro atoms. The summed E-state index contributed by atoms with van der Waals surface area (Å²) in [6.45, 7) is -2.96. The van der Waals surface area contributed by atoms with E-state index in [-0.39, 0.29) is 27.8 Å². The number of anilines is 1. The predicted octanol–water partition coefficient (Wildman–Crippen LogP) is 3.13. The summed E-state index contributed by atoms with van der Waals surface area (Å²) >= 11 is 6.00. The molecule has 2 aromatic heterocycles. The van der Waals surface area contributed by atoms with E-state index in [0.717, 1.165) is 24.5 Å². The van der Waals surface area contributed by atoms with E-state index in [1.807, 2.05) is 0 Å². The van der Waals surface area contributed by atoms with E-state index in [2.05, 4.69) is 25.6 Å². The molecule has 3 aromatic rings. The van der Waals surface area contributed by atoms with Crippen molar-refractivity contribution in [1.82, 2.24) is 20.3 Å². The molecule has 0 bridgehead atoms. The molecule has 4 rings (SSSR count). The minimum Gasteiger partial charge on any atom is -0.484 e. The number of hydrogen-bond acceptors (Lipinski definition) is 6. The van der Waals surface area contributed by atoms with Crippen molar-refractivity contribution in [2.75, 3.05) is 5.32 Å². The second-order valence-corrected chi connectivity index (χ2v) is 6.88. The van der Waals surface area contributed by atoms with Crippen LogP contribution in [0.2, 0.25) is 5.02 Å². The number of rotatable bonds is 3. The minimum atomic E-state index is -2.96. The third-order valence-electron chi connectivity index (χ3n) is 4.34. The van der Waals surface area contributed by atoms with E-state index >= 15 is 0 Å². The van der Waals surface area contributed by atoms with Gasteiger partial charge in [-0.1, -0.05) is 17.7 Å². The van der Waals surface area contributed by atoms with Crippen molar-refractivity contribution in [3.63, 3.8) is 0 Å². The van der Waals surface area contributed by atoms with Crippen molar-refractivity contribution in [3.05, 3.63) is 65.0 Å². The largest absolute Gasteiger partial charge is 0.484 e. The van der Waals surface area contributed by atoms with Crippen LogP contribution in [0.5, 0.6) is 5.75 Å². The number of nitrogens with zero attached hydrogens (tertiary/aromatic N) is 3. The molecule has 3 heterocycles. The average molecular weight is 467 g/mol. The summed E-state index contributed by atoms with van der Waals surface area (Å²) in [5, 5.41) is 4.22. The first kappa shape index (κ1) is 17.9. The van der Waals surface area contributed by atoms with Crippen LogP contribution in [-0.4, -0.2) is 38.9 Å². The summed E-state index contributed by atoms with van der Waals surface area (Å²) in [5.41, 5.74) is -0.671. The van der Waals surface area contributed by atoms with Crippen LogP contribution in [0.3, 0.4) is 0 Å². The number of halogens is 4. The molecule has 164 valence electrons. The molecule has 2 amide bonds. The fraction of sp³-hybridized carbons (Fsp3) is 0.150. The molecule has 1 aliphatic heterocycles. The van der Waals surface area contributed by atoms with E-state index in [0.29, 0.717) is 0 Å². The van der Waals surface area contributed by atoms with E-state index in [1.54, 1.807) is 0 Å². The van der Waals surface area contributed by atoms with Crippen LogP contribution in [-0.2, 0) is 4.79 Å². The fourth-order valence-electron chi connectivity index (χ4n) is 2.84. The first-order valence-corrected chi connectivity index (χ1v) is 9.24. The van der Waals surface area contributed by atoms with Crippen LogP contribution >= 0.6 is 11.6 Å². The van der Waals surface area contributed by atoms with Gasteiger partial charge in [0.1, 0.15) is 18.0 Å². The number of aromatic nitrogens is 3. The topological polar surface area (TPSA) is 106 Å². The molecule has 1 aromatic carbocycles. The highest BCUT2D eigenvalue weighted by molar-refractivity contribution is 6.33. The Balaban J connectivity index is 1.68. The molecule has 2 atom stereocenters. The lowest BCUT2D eigenvalue weighted by Crippen LogP contribution is -2.51. The van der Waals surface area contributed by atoms with Crippen LogP contribution in [0.4, 0.5) is 19.0 Å². The van der Waals surface area contributed by atoms with Gasteiger partial charge in [0.25, 0.3) is 11.8 Å². The van der Waals surface area contributed by atoms with Gasteiger partial charge in [0, 0.05) is 15.7 Å². The Morgan fingerprint density at radius 2 is 2.09 bits per heavy atom. The summed E-state index contributed by atoms with van der Waals surface area (Å²) in [7, 11) is 0. The van der Waals surface area contributed by atoms with Gasteiger partial charge < -0.3 is 15.4 Å². The third kappa shape index (κ3) is 4.06. The zero-order valence-electron chi connectivity index (χ0n) is 18.7. The molecule has 0 fully saturated rings. The van der Waals surface area contributed by atoms with E-state index in [1.165, 1.54) is 12.1 Å². The highest BCUT2D eigenvalue weighted by Crippen LogP contribution is 2.29. The maximum atomic E-state index is 14.3. The molecule has 1 unspecified atom stereocenters. The second-order valence-electron chi connectivity index (χ2n) is 6.47. The highest BCUT2D eigenvalue weighted by Gasteiger charge is 2.34. The molecular formula is C20H13ClF3N5O3. The Labute approximate surface area is 188 Å². The molecule has 1 aliphatic rings. The number of benzene rings is 1. The number of ether oxygens (including phenoxy) is 1. The zero-order valence-corrected chi connectivity index (χ0v) is 16.5. The lowest BCUT2D eigenvalue weighted by Gasteiger charge is -2.21. The summed E-state index contributed by atoms with van der Waals surface area (Å²) < 4.78 is 70.1. The van der Waals surface area contributed by atoms with Gasteiger partial charge in [0.2, 0.25) is 5.82 Å². The molecule has 8 nitrogen and oxygen atoms in total. The normalized spacial score (nSPS) is 19.4. The smallest absolute Gasteiger partial charge is 0.289 e. The Morgan fingerprint density at radius 3 is 2.88 bits per heavy atom. The monoisotopic (exact) mass is 466 g/mol.